The molecule has 3 rings (SSSR count). The van der Waals surface area contributed by atoms with E-state index < -0.39 is 26.6 Å². The summed E-state index contributed by atoms with van der Waals surface area (Å²) in [5.74, 6) is 0.150. The van der Waals surface area contributed by atoms with E-state index in [1.165, 1.54) is 0 Å². The number of alkyl halides is 3. The van der Waals surface area contributed by atoms with Crippen molar-refractivity contribution in [2.45, 2.75) is 69.3 Å². The Morgan fingerprint density at radius 1 is 1.03 bits per heavy atom. The van der Waals surface area contributed by atoms with Crippen LogP contribution in [0.1, 0.15) is 63.9 Å². The molecule has 1 aliphatic rings. The zero-order chi connectivity index (χ0) is 21.4. The molecule has 0 unspecified atom stereocenters. The number of nitrogens with one attached hydrogen (secondary N) is 2. The highest BCUT2D eigenvalue weighted by molar-refractivity contribution is 7.90. The van der Waals surface area contributed by atoms with E-state index in [1.54, 1.807) is 51.1 Å². The molecular formula is C20H26F3N3O2S. The number of halogens is 3. The second-order valence-electron chi connectivity index (χ2n) is 8.49. The maximum absolute atomic E-state index is 13.5. The first-order chi connectivity index (χ1) is 13.4. The van der Waals surface area contributed by atoms with Crippen molar-refractivity contribution in [1.82, 2.24) is 14.7 Å². The third-order valence-electron chi connectivity index (χ3n) is 5.29. The lowest BCUT2D eigenvalue weighted by molar-refractivity contribution is -0.140. The van der Waals surface area contributed by atoms with Gasteiger partial charge in [0.25, 0.3) is 0 Å². The minimum atomic E-state index is -4.53. The molecule has 1 aromatic heterocycles. The fraction of sp³-hybridized carbons (Fsp3) is 0.550. The predicted octanol–water partition coefficient (Wildman–Crippen LogP) is 4.84. The number of sulfonamides is 1. The average Bonchev–Trinajstić information content (AvgIpc) is 3.08. The van der Waals surface area contributed by atoms with Crippen molar-refractivity contribution < 1.29 is 21.6 Å². The van der Waals surface area contributed by atoms with Gasteiger partial charge in [-0.3, -0.25) is 0 Å². The van der Waals surface area contributed by atoms with E-state index in [2.05, 4.69) is 14.7 Å². The van der Waals surface area contributed by atoms with E-state index >= 15 is 0 Å². The molecule has 160 valence electrons. The summed E-state index contributed by atoms with van der Waals surface area (Å²) >= 11 is 0. The van der Waals surface area contributed by atoms with E-state index in [0.29, 0.717) is 37.1 Å². The van der Waals surface area contributed by atoms with E-state index in [1.807, 2.05) is 0 Å². The summed E-state index contributed by atoms with van der Waals surface area (Å²) in [6, 6.07) is 8.10. The minimum Gasteiger partial charge on any atom is -0.338 e. The zero-order valence-electron chi connectivity index (χ0n) is 16.7. The molecule has 1 fully saturated rings. The number of rotatable bonds is 4. The predicted molar refractivity (Wildman–Crippen MR) is 106 cm³/mol. The Morgan fingerprint density at radius 3 is 2.14 bits per heavy atom. The van der Waals surface area contributed by atoms with Crippen LogP contribution in [0, 0.1) is 0 Å². The third-order valence-corrected chi connectivity index (χ3v) is 7.55. The van der Waals surface area contributed by atoms with Crippen LogP contribution in [-0.2, 0) is 16.2 Å². The molecule has 1 aromatic carbocycles. The van der Waals surface area contributed by atoms with Gasteiger partial charge in [-0.05, 0) is 46.5 Å². The van der Waals surface area contributed by atoms with Gasteiger partial charge in [-0.25, -0.2) is 18.1 Å². The Balaban J connectivity index is 1.77. The second kappa shape index (κ2) is 7.75. The number of imidazole rings is 1. The number of aromatic nitrogens is 2. The molecule has 0 radical (unpaired) electrons. The fourth-order valence-corrected chi connectivity index (χ4v) is 4.50. The lowest BCUT2D eigenvalue weighted by Gasteiger charge is -2.30. The first-order valence-corrected chi connectivity index (χ1v) is 11.1. The van der Waals surface area contributed by atoms with Crippen molar-refractivity contribution in [2.75, 3.05) is 0 Å². The molecule has 2 aromatic rings. The molecule has 29 heavy (non-hydrogen) atoms. The molecule has 0 spiro atoms. The van der Waals surface area contributed by atoms with Crippen LogP contribution in [0.5, 0.6) is 0 Å². The first kappa shape index (κ1) is 21.8. The molecule has 1 aliphatic carbocycles. The summed E-state index contributed by atoms with van der Waals surface area (Å²) in [7, 11) is -3.46. The van der Waals surface area contributed by atoms with Gasteiger partial charge in [-0.15, -0.1) is 0 Å². The molecule has 0 bridgehead atoms. The summed E-state index contributed by atoms with van der Waals surface area (Å²) in [5, 5.41) is 0. The highest BCUT2D eigenvalue weighted by Crippen LogP contribution is 2.39. The van der Waals surface area contributed by atoms with Crippen LogP contribution < -0.4 is 4.72 Å². The number of benzene rings is 1. The minimum absolute atomic E-state index is 0.0938. The second-order valence-corrected chi connectivity index (χ2v) is 11.0. The molecule has 1 saturated carbocycles. The summed E-state index contributed by atoms with van der Waals surface area (Å²) in [6.45, 7) is 4.90. The van der Waals surface area contributed by atoms with Gasteiger partial charge in [0.15, 0.2) is 0 Å². The topological polar surface area (TPSA) is 74.8 Å². The Morgan fingerprint density at radius 2 is 1.62 bits per heavy atom. The molecule has 0 saturated heterocycles. The molecule has 5 nitrogen and oxygen atoms in total. The lowest BCUT2D eigenvalue weighted by atomic mass is 9.86. The van der Waals surface area contributed by atoms with Crippen molar-refractivity contribution in [3.8, 4) is 11.3 Å². The van der Waals surface area contributed by atoms with E-state index in [9.17, 15) is 21.6 Å². The maximum atomic E-state index is 13.5. The van der Waals surface area contributed by atoms with Crippen LogP contribution in [0.3, 0.4) is 0 Å². The third kappa shape index (κ3) is 4.83. The van der Waals surface area contributed by atoms with Gasteiger partial charge >= 0.3 is 6.18 Å². The average molecular weight is 430 g/mol. The summed E-state index contributed by atoms with van der Waals surface area (Å²) in [5.41, 5.74) is -0.521. The van der Waals surface area contributed by atoms with Crippen LogP contribution in [0.15, 0.2) is 30.3 Å². The highest BCUT2D eigenvalue weighted by Gasteiger charge is 2.39. The fourth-order valence-electron chi connectivity index (χ4n) is 3.48. The SMILES string of the molecule is CC(C)(C)S(=O)(=O)N[C@H]1CC[C@H](c2nc(-c3ccccc3)c(C(F)(F)F)[nH]2)CC1. The lowest BCUT2D eigenvalue weighted by Crippen LogP contribution is -2.45. The van der Waals surface area contributed by atoms with Gasteiger partial charge in [0.05, 0.1) is 4.75 Å². The molecule has 2 N–H and O–H groups in total. The van der Waals surface area contributed by atoms with Crippen LogP contribution in [-0.4, -0.2) is 29.2 Å². The van der Waals surface area contributed by atoms with Gasteiger partial charge in [-0.1, -0.05) is 30.3 Å². The van der Waals surface area contributed by atoms with Crippen molar-refractivity contribution in [2.24, 2.45) is 0 Å². The van der Waals surface area contributed by atoms with E-state index in [-0.39, 0.29) is 17.7 Å². The summed E-state index contributed by atoms with van der Waals surface area (Å²) in [4.78, 5) is 6.80. The van der Waals surface area contributed by atoms with Gasteiger partial charge in [0.1, 0.15) is 17.2 Å². The van der Waals surface area contributed by atoms with Crippen LogP contribution >= 0.6 is 0 Å². The Bertz CT molecular complexity index is 940. The monoisotopic (exact) mass is 429 g/mol. The Labute approximate surface area is 169 Å². The zero-order valence-corrected chi connectivity index (χ0v) is 17.5. The summed E-state index contributed by atoms with van der Waals surface area (Å²) in [6.07, 6.45) is -2.28. The standard InChI is InChI=1S/C20H26F3N3O2S/c1-19(2,3)29(27,28)26-15-11-9-14(10-12-15)18-24-16(13-7-5-4-6-8-13)17(25-18)20(21,22)23/h4-8,14-15,26H,9-12H2,1-3H3,(H,24,25)/t14-,15-. The van der Waals surface area contributed by atoms with E-state index in [0.717, 1.165) is 0 Å². The van der Waals surface area contributed by atoms with Crippen molar-refractivity contribution in [3.63, 3.8) is 0 Å². The number of aromatic amines is 1. The molecule has 0 atom stereocenters. The van der Waals surface area contributed by atoms with Crippen molar-refractivity contribution in [1.29, 1.82) is 0 Å². The number of nitrogens with zero attached hydrogens (tertiary/aromatic N) is 1. The van der Waals surface area contributed by atoms with Crippen LogP contribution in [0.4, 0.5) is 13.2 Å². The quantitative estimate of drug-likeness (QED) is 0.730. The summed E-state index contributed by atoms with van der Waals surface area (Å²) < 4.78 is 67.1. The van der Waals surface area contributed by atoms with Gasteiger partial charge in [0, 0.05) is 17.5 Å². The molecule has 1 heterocycles. The largest absolute Gasteiger partial charge is 0.433 e. The van der Waals surface area contributed by atoms with Crippen LogP contribution in [0.25, 0.3) is 11.3 Å². The smallest absolute Gasteiger partial charge is 0.338 e. The first-order valence-electron chi connectivity index (χ1n) is 9.63. The Hall–Kier alpha value is -1.87. The van der Waals surface area contributed by atoms with Crippen molar-refractivity contribution in [3.05, 3.63) is 41.9 Å². The van der Waals surface area contributed by atoms with E-state index in [4.69, 9.17) is 0 Å². The number of H-pyrrole nitrogens is 1. The normalized spacial score (nSPS) is 21.3. The van der Waals surface area contributed by atoms with Gasteiger partial charge in [-0.2, -0.15) is 13.2 Å². The molecule has 0 amide bonds. The molecular weight excluding hydrogens is 403 g/mol. The highest BCUT2D eigenvalue weighted by atomic mass is 32.2. The molecule has 0 aliphatic heterocycles. The Kier molecular flexibility index (Phi) is 5.84. The van der Waals surface area contributed by atoms with Crippen LogP contribution in [0.2, 0.25) is 0 Å². The number of hydrogen-bond acceptors (Lipinski definition) is 3. The molecule has 9 heteroatoms. The maximum Gasteiger partial charge on any atom is 0.433 e. The van der Waals surface area contributed by atoms with Gasteiger partial charge < -0.3 is 4.98 Å². The van der Waals surface area contributed by atoms with Gasteiger partial charge in [0.2, 0.25) is 10.0 Å². The van der Waals surface area contributed by atoms with Crippen molar-refractivity contribution >= 4 is 10.0 Å². The number of hydrogen-bond donors (Lipinski definition) is 2.